The van der Waals surface area contributed by atoms with Crippen LogP contribution in [0, 0.1) is 5.41 Å². The topological polar surface area (TPSA) is 102 Å². The first kappa shape index (κ1) is 10.1. The van der Waals surface area contributed by atoms with Gasteiger partial charge in [-0.25, -0.2) is 0 Å². The molecule has 1 rings (SSSR count). The molecule has 5 nitrogen and oxygen atoms in total. The molecule has 0 aliphatic carbocycles. The van der Waals surface area contributed by atoms with Gasteiger partial charge < -0.3 is 11.5 Å². The zero-order valence-corrected chi connectivity index (χ0v) is 8.10. The van der Waals surface area contributed by atoms with Crippen LogP contribution in [0.15, 0.2) is 0 Å². The number of nitrogen functional groups attached to an aromatic ring is 1. The molecule has 13 heavy (non-hydrogen) atoms. The molecule has 0 bridgehead atoms. The fraction of sp³-hybridized carbons (Fsp3) is 0.571. The summed E-state index contributed by atoms with van der Waals surface area (Å²) < 4.78 is 8.02. The van der Waals surface area contributed by atoms with Crippen molar-refractivity contribution in [3.63, 3.8) is 0 Å². The van der Waals surface area contributed by atoms with Gasteiger partial charge in [0.25, 0.3) is 0 Å². The molecule has 0 fully saturated rings. The van der Waals surface area contributed by atoms with Crippen molar-refractivity contribution in [3.8, 4) is 0 Å². The standard InChI is InChI=1S/C7H13N5S/c8-4-2-1-3-5-6(7(9)10)12-13-11-5/h1-4,8H2,(H3,9,10). The normalized spacial score (nSPS) is 10.2. The van der Waals surface area contributed by atoms with Crippen LogP contribution in [0.3, 0.4) is 0 Å². The number of nitrogens with zero attached hydrogens (tertiary/aromatic N) is 2. The first-order valence-corrected chi connectivity index (χ1v) is 4.84. The Morgan fingerprint density at radius 3 is 2.77 bits per heavy atom. The minimum atomic E-state index is -0.00324. The molecule has 0 saturated heterocycles. The maximum Gasteiger partial charge on any atom is 0.144 e. The summed E-state index contributed by atoms with van der Waals surface area (Å²) in [6, 6.07) is 0. The van der Waals surface area contributed by atoms with E-state index in [1.807, 2.05) is 0 Å². The molecule has 5 N–H and O–H groups in total. The second kappa shape index (κ2) is 4.88. The van der Waals surface area contributed by atoms with Crippen LogP contribution in [0.5, 0.6) is 0 Å². The fourth-order valence-electron chi connectivity index (χ4n) is 1.01. The summed E-state index contributed by atoms with van der Waals surface area (Å²) in [5, 5.41) is 7.23. The van der Waals surface area contributed by atoms with Gasteiger partial charge in [0.15, 0.2) is 0 Å². The van der Waals surface area contributed by atoms with Gasteiger partial charge in [0.1, 0.15) is 11.5 Å². The predicted molar refractivity (Wildman–Crippen MR) is 52.9 cm³/mol. The highest BCUT2D eigenvalue weighted by Crippen LogP contribution is 2.08. The highest BCUT2D eigenvalue weighted by molar-refractivity contribution is 6.99. The van der Waals surface area contributed by atoms with Crippen LogP contribution in [0.25, 0.3) is 0 Å². The van der Waals surface area contributed by atoms with Crippen LogP contribution in [-0.2, 0) is 6.42 Å². The van der Waals surface area contributed by atoms with Gasteiger partial charge >= 0.3 is 0 Å². The van der Waals surface area contributed by atoms with E-state index in [2.05, 4.69) is 8.75 Å². The Labute approximate surface area is 81.0 Å². The first-order chi connectivity index (χ1) is 6.25. The Morgan fingerprint density at radius 1 is 1.38 bits per heavy atom. The quantitative estimate of drug-likeness (QED) is 0.355. The number of aromatic nitrogens is 2. The lowest BCUT2D eigenvalue weighted by Crippen LogP contribution is -2.14. The highest BCUT2D eigenvalue weighted by atomic mass is 32.1. The van der Waals surface area contributed by atoms with Crippen molar-refractivity contribution < 1.29 is 0 Å². The molecular weight excluding hydrogens is 186 g/mol. The molecule has 0 unspecified atom stereocenters. The van der Waals surface area contributed by atoms with Crippen LogP contribution in [-0.4, -0.2) is 21.1 Å². The predicted octanol–water partition coefficient (Wildman–Crippen LogP) is 0.104. The molecular formula is C7H13N5S. The molecule has 72 valence electrons. The van der Waals surface area contributed by atoms with E-state index in [0.29, 0.717) is 12.2 Å². The van der Waals surface area contributed by atoms with Gasteiger partial charge in [-0.05, 0) is 25.8 Å². The van der Waals surface area contributed by atoms with Gasteiger partial charge in [-0.1, -0.05) is 0 Å². The van der Waals surface area contributed by atoms with Crippen LogP contribution < -0.4 is 11.5 Å². The van der Waals surface area contributed by atoms with Crippen LogP contribution in [0.2, 0.25) is 0 Å². The van der Waals surface area contributed by atoms with Gasteiger partial charge in [0.05, 0.1) is 17.4 Å². The summed E-state index contributed by atoms with van der Waals surface area (Å²) in [5.74, 6) is -0.00324. The molecule has 0 amide bonds. The monoisotopic (exact) mass is 199 g/mol. The van der Waals surface area contributed by atoms with Crippen molar-refractivity contribution in [3.05, 3.63) is 11.4 Å². The second-order valence-corrected chi connectivity index (χ2v) is 3.25. The average molecular weight is 199 g/mol. The third kappa shape index (κ3) is 2.74. The third-order valence-electron chi connectivity index (χ3n) is 1.68. The maximum absolute atomic E-state index is 7.23. The zero-order valence-electron chi connectivity index (χ0n) is 7.29. The molecule has 1 aromatic rings. The Bertz CT molecular complexity index is 282. The Kier molecular flexibility index (Phi) is 3.78. The van der Waals surface area contributed by atoms with Crippen molar-refractivity contribution in [1.82, 2.24) is 8.75 Å². The van der Waals surface area contributed by atoms with Crippen molar-refractivity contribution in [1.29, 1.82) is 5.41 Å². The van der Waals surface area contributed by atoms with E-state index in [1.54, 1.807) is 0 Å². The summed E-state index contributed by atoms with van der Waals surface area (Å²) in [7, 11) is 0. The van der Waals surface area contributed by atoms with Crippen LogP contribution >= 0.6 is 11.7 Å². The molecule has 0 radical (unpaired) electrons. The van der Waals surface area contributed by atoms with Crippen molar-refractivity contribution in [2.45, 2.75) is 19.3 Å². The summed E-state index contributed by atoms with van der Waals surface area (Å²) in [4.78, 5) is 0. The smallest absolute Gasteiger partial charge is 0.144 e. The van der Waals surface area contributed by atoms with Crippen LogP contribution in [0.1, 0.15) is 24.2 Å². The number of unbranched alkanes of at least 4 members (excludes halogenated alkanes) is 1. The molecule has 0 aromatic carbocycles. The maximum atomic E-state index is 7.23. The molecule has 0 aliphatic rings. The lowest BCUT2D eigenvalue weighted by Gasteiger charge is -1.97. The molecule has 6 heteroatoms. The number of nitrogens with one attached hydrogen (secondary N) is 1. The number of hydrogen-bond donors (Lipinski definition) is 3. The Hall–Kier alpha value is -1.01. The molecule has 1 aromatic heterocycles. The van der Waals surface area contributed by atoms with Crippen molar-refractivity contribution in [2.24, 2.45) is 11.5 Å². The highest BCUT2D eigenvalue weighted by Gasteiger charge is 2.09. The minimum absolute atomic E-state index is 0.00324. The van der Waals surface area contributed by atoms with E-state index >= 15 is 0 Å². The van der Waals surface area contributed by atoms with Crippen LogP contribution in [0.4, 0.5) is 0 Å². The summed E-state index contributed by atoms with van der Waals surface area (Å²) in [6.07, 6.45) is 2.75. The number of amidine groups is 1. The van der Waals surface area contributed by atoms with E-state index in [-0.39, 0.29) is 5.84 Å². The Balaban J connectivity index is 2.55. The van der Waals surface area contributed by atoms with Crippen molar-refractivity contribution in [2.75, 3.05) is 6.54 Å². The van der Waals surface area contributed by atoms with Gasteiger partial charge in [0, 0.05) is 0 Å². The van der Waals surface area contributed by atoms with E-state index in [1.165, 1.54) is 0 Å². The van der Waals surface area contributed by atoms with E-state index in [4.69, 9.17) is 16.9 Å². The average Bonchev–Trinajstić information content (AvgIpc) is 2.53. The van der Waals surface area contributed by atoms with E-state index < -0.39 is 0 Å². The third-order valence-corrected chi connectivity index (χ3v) is 2.25. The minimum Gasteiger partial charge on any atom is -0.382 e. The number of rotatable bonds is 5. The van der Waals surface area contributed by atoms with E-state index in [0.717, 1.165) is 36.7 Å². The zero-order chi connectivity index (χ0) is 9.68. The SMILES string of the molecule is N=C(N)c1nsnc1CCCCN. The van der Waals surface area contributed by atoms with Gasteiger partial charge in [-0.15, -0.1) is 0 Å². The molecule has 1 heterocycles. The number of aryl methyl sites for hydroxylation is 1. The lowest BCUT2D eigenvalue weighted by atomic mass is 10.1. The number of nitrogens with two attached hydrogens (primary N) is 2. The van der Waals surface area contributed by atoms with Crippen molar-refractivity contribution >= 4 is 17.6 Å². The van der Waals surface area contributed by atoms with E-state index in [9.17, 15) is 0 Å². The summed E-state index contributed by atoms with van der Waals surface area (Å²) in [5.41, 5.74) is 12.0. The fourth-order valence-corrected chi connectivity index (χ4v) is 1.61. The second-order valence-electron chi connectivity index (χ2n) is 2.72. The van der Waals surface area contributed by atoms with Gasteiger partial charge in [0.2, 0.25) is 0 Å². The molecule has 0 atom stereocenters. The summed E-state index contributed by atoms with van der Waals surface area (Å²) in [6.45, 7) is 0.687. The molecule has 0 aliphatic heterocycles. The Morgan fingerprint density at radius 2 is 2.15 bits per heavy atom. The summed E-state index contributed by atoms with van der Waals surface area (Å²) >= 11 is 1.10. The van der Waals surface area contributed by atoms with Gasteiger partial charge in [-0.3, -0.25) is 5.41 Å². The largest absolute Gasteiger partial charge is 0.382 e. The first-order valence-electron chi connectivity index (χ1n) is 4.11. The lowest BCUT2D eigenvalue weighted by molar-refractivity contribution is 0.735. The van der Waals surface area contributed by atoms with Gasteiger partial charge in [-0.2, -0.15) is 8.75 Å². The molecule has 0 spiro atoms. The molecule has 0 saturated carbocycles. The number of hydrogen-bond acceptors (Lipinski definition) is 5.